The van der Waals surface area contributed by atoms with Gasteiger partial charge >= 0.3 is 5.97 Å². The van der Waals surface area contributed by atoms with Gasteiger partial charge in [-0.1, -0.05) is 19.3 Å². The summed E-state index contributed by atoms with van der Waals surface area (Å²) in [6.45, 7) is 3.96. The van der Waals surface area contributed by atoms with Crippen LogP contribution in [0.15, 0.2) is 4.99 Å². The normalized spacial score (nSPS) is 22.9. The van der Waals surface area contributed by atoms with Crippen LogP contribution in [0.5, 0.6) is 0 Å². The highest BCUT2D eigenvalue weighted by Crippen LogP contribution is 2.10. The minimum atomic E-state index is -1.66. The minimum Gasteiger partial charge on any atom is -0.481 e. The lowest BCUT2D eigenvalue weighted by molar-refractivity contribution is -0.525. The Hall–Kier alpha value is -5.12. The molecule has 1 rings (SSSR count). The van der Waals surface area contributed by atoms with E-state index in [2.05, 4.69) is 36.9 Å². The number of guanidine groups is 1. The first kappa shape index (κ1) is 45.9. The summed E-state index contributed by atoms with van der Waals surface area (Å²) in [5.74, 6) is -6.67. The van der Waals surface area contributed by atoms with Gasteiger partial charge in [-0.15, -0.1) is 0 Å². The fourth-order valence-corrected chi connectivity index (χ4v) is 5.28. The lowest BCUT2D eigenvalue weighted by Crippen LogP contribution is -2.59. The molecule has 1 saturated heterocycles. The number of rotatable bonds is 17. The molecule has 22 nitrogen and oxygen atoms in total. The van der Waals surface area contributed by atoms with Crippen LogP contribution in [0.4, 0.5) is 0 Å². The zero-order valence-electron chi connectivity index (χ0n) is 30.3. The largest absolute Gasteiger partial charge is 0.481 e. The van der Waals surface area contributed by atoms with Crippen molar-refractivity contribution in [3.63, 3.8) is 0 Å². The van der Waals surface area contributed by atoms with Crippen LogP contribution < -0.4 is 54.5 Å². The number of hydrogen-bond acceptors (Lipinski definition) is 12. The molecule has 1 aliphatic heterocycles. The molecule has 0 spiro atoms. The van der Waals surface area contributed by atoms with Gasteiger partial charge in [-0.25, -0.2) is 15.1 Å². The molecule has 6 amide bonds. The van der Waals surface area contributed by atoms with Crippen molar-refractivity contribution < 1.29 is 43.7 Å². The number of carbonyl (C=O) groups excluding carboxylic acids is 6. The first-order valence-corrected chi connectivity index (χ1v) is 17.7. The maximum atomic E-state index is 13.8. The van der Waals surface area contributed by atoms with Crippen molar-refractivity contribution in [1.29, 1.82) is 0 Å². The summed E-state index contributed by atoms with van der Waals surface area (Å²) >= 11 is 0. The van der Waals surface area contributed by atoms with Crippen molar-refractivity contribution >= 4 is 47.4 Å². The van der Waals surface area contributed by atoms with Gasteiger partial charge in [-0.2, -0.15) is 0 Å². The number of nitrogens with one attached hydrogen (secondary N) is 7. The maximum Gasteiger partial charge on any atom is 0.305 e. The van der Waals surface area contributed by atoms with Gasteiger partial charge in [0.15, 0.2) is 5.03 Å². The number of carboxylic acids is 1. The quantitative estimate of drug-likeness (QED) is 0.0227. The molecule has 14 N–H and O–H groups in total. The third-order valence-corrected chi connectivity index (χ3v) is 7.95. The summed E-state index contributed by atoms with van der Waals surface area (Å²) in [6.07, 6.45) is 0.903. The predicted molar refractivity (Wildman–Crippen MR) is 191 cm³/mol. The number of amides is 6. The highest BCUT2D eigenvalue weighted by molar-refractivity contribution is 5.97. The minimum absolute atomic E-state index is 0.0143. The lowest BCUT2D eigenvalue weighted by atomic mass is 10.0. The predicted octanol–water partition coefficient (Wildman–Crippen LogP) is -3.41. The second kappa shape index (κ2) is 25.0. The molecule has 0 saturated carbocycles. The number of carboxylic acid groups (broad SMARTS) is 1. The molecule has 1 heterocycles. The molecule has 0 radical (unpaired) electrons. The van der Waals surface area contributed by atoms with E-state index in [1.54, 1.807) is 5.43 Å². The van der Waals surface area contributed by atoms with Gasteiger partial charge in [0, 0.05) is 19.5 Å². The lowest BCUT2D eigenvalue weighted by Gasteiger charge is -2.27. The van der Waals surface area contributed by atoms with Gasteiger partial charge in [0.1, 0.15) is 30.2 Å². The number of nitrogens with two attached hydrogens (primary N) is 3. The zero-order chi connectivity index (χ0) is 39.9. The average molecular weight is 757 g/mol. The van der Waals surface area contributed by atoms with Gasteiger partial charge in [0.2, 0.25) is 35.4 Å². The van der Waals surface area contributed by atoms with Gasteiger partial charge in [0.25, 0.3) is 5.96 Å². The molecule has 0 bridgehead atoms. The Morgan fingerprint density at radius 3 is 1.75 bits per heavy atom. The summed E-state index contributed by atoms with van der Waals surface area (Å²) in [5, 5.41) is 34.6. The molecule has 1 fully saturated rings. The fraction of sp³-hybridized carbons (Fsp3) is 0.742. The van der Waals surface area contributed by atoms with E-state index in [1.165, 1.54) is 0 Å². The number of aliphatic carboxylic acids is 1. The molecule has 22 heteroatoms. The molecule has 300 valence electrons. The van der Waals surface area contributed by atoms with E-state index in [0.29, 0.717) is 32.2 Å². The van der Waals surface area contributed by atoms with Crippen LogP contribution >= 0.6 is 0 Å². The summed E-state index contributed by atoms with van der Waals surface area (Å²) in [7, 11) is 0. The Morgan fingerprint density at radius 2 is 1.26 bits per heavy atom. The third-order valence-electron chi connectivity index (χ3n) is 7.95. The van der Waals surface area contributed by atoms with Gasteiger partial charge in [0.05, 0.1) is 6.42 Å². The number of nitrogens with zero attached hydrogens (tertiary/aromatic N) is 2. The van der Waals surface area contributed by atoms with E-state index in [0.717, 1.165) is 0 Å². The Morgan fingerprint density at radius 1 is 0.792 bits per heavy atom. The first-order valence-electron chi connectivity index (χ1n) is 17.7. The fourth-order valence-electron chi connectivity index (χ4n) is 5.28. The Labute approximate surface area is 307 Å². The smallest absolute Gasteiger partial charge is 0.305 e. The van der Waals surface area contributed by atoms with Gasteiger partial charge in [-0.3, -0.25) is 33.6 Å². The summed E-state index contributed by atoms with van der Waals surface area (Å²) in [5.41, 5.74) is 18.4. The monoisotopic (exact) mass is 756 g/mol. The maximum absolute atomic E-state index is 13.8. The van der Waals surface area contributed by atoms with Crippen LogP contribution in [-0.4, -0.2) is 114 Å². The van der Waals surface area contributed by atoms with Crippen LogP contribution in [0.25, 0.3) is 0 Å². The Balaban J connectivity index is 3.59. The molecule has 0 aromatic rings. The van der Waals surface area contributed by atoms with E-state index in [-0.39, 0.29) is 64.1 Å². The zero-order valence-corrected chi connectivity index (χ0v) is 30.3. The van der Waals surface area contributed by atoms with Crippen molar-refractivity contribution in [2.75, 3.05) is 26.2 Å². The summed E-state index contributed by atoms with van der Waals surface area (Å²) in [6, 6.07) is -6.56. The number of hydrazine groups is 1. The number of carbonyl (C=O) groups is 7. The van der Waals surface area contributed by atoms with Crippen LogP contribution in [0.3, 0.4) is 0 Å². The molecule has 0 unspecified atom stereocenters. The van der Waals surface area contributed by atoms with Gasteiger partial charge in [-0.05, 0) is 76.8 Å². The standard InChI is InChI=1S/C31H56N12O10/c1-18(2)16-22-26(47)35-15-11-24(44)37-19(8-3-5-12-32)27(48)41-23(17-25(45)46)30(51)39-20(9-4-6-13-33)28(49)38-21(29(50)40-22)10-7-14-36-31(34)42-43(52)53/h18-23H,3-17,32-33H2,1-2H3,(H,35,47)(H,37,44)(H,38,49)(H,39,51)(H,40,50)(H,41,48)(H,45,46)(H3,34,36,42)/t19-,20-,21-,22-,23-/m0/s1. The average Bonchev–Trinajstić information content (AvgIpc) is 3.06. The second-order valence-corrected chi connectivity index (χ2v) is 13.0. The Bertz CT molecular complexity index is 1300. The van der Waals surface area contributed by atoms with Crippen molar-refractivity contribution in [3.05, 3.63) is 10.1 Å². The van der Waals surface area contributed by atoms with Crippen LogP contribution in [-0.2, 0) is 33.6 Å². The van der Waals surface area contributed by atoms with Crippen LogP contribution in [0, 0.1) is 16.0 Å². The van der Waals surface area contributed by atoms with E-state index in [9.17, 15) is 48.8 Å². The SMILES string of the molecule is CC(C)C[C@@H]1NC(=O)[C@H](CCCN=C(N)N[N+](=O)[O-])NC(=O)[C@H](CCCCN)NC(=O)[C@H](CC(=O)O)NC(=O)[C@H](CCCCN)NC(=O)CCNC1=O. The van der Waals surface area contributed by atoms with Crippen LogP contribution in [0.1, 0.15) is 84.5 Å². The van der Waals surface area contributed by atoms with E-state index >= 15 is 0 Å². The van der Waals surface area contributed by atoms with Gasteiger partial charge < -0.3 is 54.2 Å². The molecular weight excluding hydrogens is 700 g/mol. The molecule has 0 aromatic heterocycles. The van der Waals surface area contributed by atoms with Crippen molar-refractivity contribution in [2.45, 2.75) is 115 Å². The topological polar surface area (TPSA) is 357 Å². The number of nitro groups is 1. The molecule has 5 atom stereocenters. The molecule has 0 aliphatic carbocycles. The van der Waals surface area contributed by atoms with Crippen molar-refractivity contribution in [2.24, 2.45) is 28.1 Å². The highest BCUT2D eigenvalue weighted by Gasteiger charge is 2.33. The number of aliphatic imine (C=N–C) groups is 1. The summed E-state index contributed by atoms with van der Waals surface area (Å²) < 4.78 is 0. The third kappa shape index (κ3) is 19.3. The molecule has 1 aliphatic rings. The Kier molecular flexibility index (Phi) is 21.6. The molecule has 0 aromatic carbocycles. The second-order valence-electron chi connectivity index (χ2n) is 13.0. The number of hydrogen-bond donors (Lipinski definition) is 11. The van der Waals surface area contributed by atoms with E-state index in [4.69, 9.17) is 17.2 Å². The molecule has 53 heavy (non-hydrogen) atoms. The van der Waals surface area contributed by atoms with E-state index in [1.807, 2.05) is 13.8 Å². The van der Waals surface area contributed by atoms with Crippen molar-refractivity contribution in [3.8, 4) is 0 Å². The first-order chi connectivity index (χ1) is 25.1. The van der Waals surface area contributed by atoms with E-state index < -0.39 is 89.0 Å². The number of unbranched alkanes of at least 4 members (excludes halogenated alkanes) is 2. The highest BCUT2D eigenvalue weighted by atomic mass is 16.7. The van der Waals surface area contributed by atoms with Crippen molar-refractivity contribution in [1.82, 2.24) is 37.3 Å². The van der Waals surface area contributed by atoms with Crippen LogP contribution in [0.2, 0.25) is 0 Å². The molecular formula is C31H56N12O10. The summed E-state index contributed by atoms with van der Waals surface area (Å²) in [4.78, 5) is 107.